The van der Waals surface area contributed by atoms with Crippen LogP contribution in [-0.2, 0) is 0 Å². The molecule has 2 heterocycles. The van der Waals surface area contributed by atoms with E-state index in [-0.39, 0.29) is 0 Å². The van der Waals surface area contributed by atoms with E-state index in [0.29, 0.717) is 0 Å². The molecule has 0 N–H and O–H groups in total. The smallest absolute Gasteiger partial charge is 0.184 e. The molecule has 8 aromatic rings. The van der Waals surface area contributed by atoms with E-state index in [2.05, 4.69) is 205 Å². The maximum absolute atomic E-state index is 2.71. The number of nitrogens with zero attached hydrogens (tertiary/aromatic N) is 1. The first-order valence-corrected chi connectivity index (χ1v) is 21.3. The highest BCUT2D eigenvalue weighted by molar-refractivity contribution is 8.01. The van der Waals surface area contributed by atoms with E-state index in [1.54, 1.807) is 0 Å². The fourth-order valence-electron chi connectivity index (χ4n) is 8.09. The highest BCUT2D eigenvalue weighted by Gasteiger charge is 2.51. The first-order chi connectivity index (χ1) is 25.8. The topological polar surface area (TPSA) is 3.24 Å². The van der Waals surface area contributed by atoms with Crippen LogP contribution in [0.15, 0.2) is 220 Å². The minimum atomic E-state index is -2.71. The molecule has 1 spiro atoms. The lowest BCUT2D eigenvalue weighted by Crippen LogP contribution is -2.78. The van der Waals surface area contributed by atoms with Gasteiger partial charge in [-0.2, -0.15) is 0 Å². The molecule has 1 nitrogen and oxygen atoms in total. The zero-order chi connectivity index (χ0) is 34.5. The highest BCUT2D eigenvalue weighted by atomic mass is 32.2. The molecule has 52 heavy (non-hydrogen) atoms. The van der Waals surface area contributed by atoms with Crippen molar-refractivity contribution in [3.8, 4) is 22.3 Å². The summed E-state index contributed by atoms with van der Waals surface area (Å²) in [5.41, 5.74) is 8.33. The predicted octanol–water partition coefficient (Wildman–Crippen LogP) is 10.8. The molecule has 0 amide bonds. The third-order valence-electron chi connectivity index (χ3n) is 10.4. The number of anilines is 3. The van der Waals surface area contributed by atoms with Gasteiger partial charge in [-0.05, 0) is 91.5 Å². The Bertz CT molecular complexity index is 2420. The fourth-order valence-corrected chi connectivity index (χ4v) is 17.4. The van der Waals surface area contributed by atoms with Crippen LogP contribution in [0.1, 0.15) is 0 Å². The van der Waals surface area contributed by atoms with Gasteiger partial charge in [0.2, 0.25) is 0 Å². The number of hydrogen-bond acceptors (Lipinski definition) is 3. The summed E-state index contributed by atoms with van der Waals surface area (Å²) in [6.07, 6.45) is 0. The average Bonchev–Trinajstić information content (AvgIpc) is 3.22. The zero-order valence-corrected chi connectivity index (χ0v) is 30.9. The van der Waals surface area contributed by atoms with Gasteiger partial charge >= 0.3 is 0 Å². The van der Waals surface area contributed by atoms with Crippen LogP contribution in [-0.4, -0.2) is 8.07 Å². The van der Waals surface area contributed by atoms with Crippen LogP contribution < -0.4 is 25.6 Å². The molecule has 2 aliphatic heterocycles. The van der Waals surface area contributed by atoms with Gasteiger partial charge in [0, 0.05) is 31.0 Å². The second kappa shape index (κ2) is 12.9. The Balaban J connectivity index is 1.22. The van der Waals surface area contributed by atoms with Gasteiger partial charge in [0.25, 0.3) is 0 Å². The second-order valence-corrected chi connectivity index (χ2v) is 19.0. The largest absolute Gasteiger partial charge is 0.309 e. The lowest BCUT2D eigenvalue weighted by molar-refractivity contribution is 1.23. The van der Waals surface area contributed by atoms with E-state index in [1.807, 2.05) is 23.5 Å². The van der Waals surface area contributed by atoms with Gasteiger partial charge in [-0.1, -0.05) is 175 Å². The summed E-state index contributed by atoms with van der Waals surface area (Å²) >= 11 is 3.85. The normalized spacial score (nSPS) is 13.4. The summed E-state index contributed by atoms with van der Waals surface area (Å²) in [5, 5.41) is 5.91. The van der Waals surface area contributed by atoms with Crippen LogP contribution in [0.5, 0.6) is 0 Å². The van der Waals surface area contributed by atoms with Crippen molar-refractivity contribution in [3.05, 3.63) is 200 Å². The summed E-state index contributed by atoms with van der Waals surface area (Å²) in [4.78, 5) is 7.90. The second-order valence-electron chi connectivity index (χ2n) is 13.3. The average molecular weight is 716 g/mol. The molecule has 0 aromatic heterocycles. The maximum atomic E-state index is 2.47. The van der Waals surface area contributed by atoms with E-state index >= 15 is 0 Å². The van der Waals surface area contributed by atoms with Crippen LogP contribution in [0.4, 0.5) is 17.1 Å². The molecular weight excluding hydrogens is 683 g/mol. The van der Waals surface area contributed by atoms with Crippen LogP contribution in [0.3, 0.4) is 0 Å². The van der Waals surface area contributed by atoms with Gasteiger partial charge < -0.3 is 4.90 Å². The molecular formula is C48H33NS2Si. The molecule has 0 unspecified atom stereocenters. The van der Waals surface area contributed by atoms with Gasteiger partial charge in [0.05, 0.1) is 5.69 Å². The monoisotopic (exact) mass is 715 g/mol. The number of fused-ring (bicyclic) bond motifs is 8. The molecule has 0 saturated heterocycles. The van der Waals surface area contributed by atoms with Crippen LogP contribution in [0, 0.1) is 0 Å². The van der Waals surface area contributed by atoms with Crippen LogP contribution in [0.2, 0.25) is 0 Å². The molecule has 246 valence electrons. The molecule has 0 bridgehead atoms. The summed E-state index contributed by atoms with van der Waals surface area (Å²) in [7, 11) is -2.71. The van der Waals surface area contributed by atoms with E-state index in [9.17, 15) is 0 Å². The molecule has 0 saturated carbocycles. The van der Waals surface area contributed by atoms with Crippen molar-refractivity contribution >= 4 is 69.4 Å². The molecule has 0 radical (unpaired) electrons. The van der Waals surface area contributed by atoms with E-state index in [4.69, 9.17) is 0 Å². The van der Waals surface area contributed by atoms with E-state index in [0.717, 1.165) is 11.4 Å². The van der Waals surface area contributed by atoms with Gasteiger partial charge in [-0.25, -0.2) is 0 Å². The van der Waals surface area contributed by atoms with Crippen molar-refractivity contribution in [1.82, 2.24) is 0 Å². The van der Waals surface area contributed by atoms with Gasteiger partial charge in [0.15, 0.2) is 8.07 Å². The number of benzene rings is 8. The molecule has 0 fully saturated rings. The van der Waals surface area contributed by atoms with E-state index < -0.39 is 8.07 Å². The number of hydrogen-bond donors (Lipinski definition) is 0. The van der Waals surface area contributed by atoms with Gasteiger partial charge in [-0.15, -0.1) is 0 Å². The van der Waals surface area contributed by atoms with Crippen molar-refractivity contribution < 1.29 is 0 Å². The minimum Gasteiger partial charge on any atom is -0.309 e. The Morgan fingerprint density at radius 2 is 0.692 bits per heavy atom. The van der Waals surface area contributed by atoms with E-state index in [1.165, 1.54) is 68.3 Å². The first kappa shape index (κ1) is 31.2. The van der Waals surface area contributed by atoms with Crippen LogP contribution in [0.25, 0.3) is 22.3 Å². The predicted molar refractivity (Wildman–Crippen MR) is 224 cm³/mol. The van der Waals surface area contributed by atoms with Crippen molar-refractivity contribution in [2.75, 3.05) is 4.90 Å². The molecule has 10 rings (SSSR count). The quantitative estimate of drug-likeness (QED) is 0.163. The van der Waals surface area contributed by atoms with Crippen molar-refractivity contribution in [3.63, 3.8) is 0 Å². The highest BCUT2D eigenvalue weighted by Crippen LogP contribution is 2.46. The summed E-state index contributed by atoms with van der Waals surface area (Å²) in [6.45, 7) is 0. The third kappa shape index (κ3) is 5.01. The van der Waals surface area contributed by atoms with Gasteiger partial charge in [-0.3, -0.25) is 0 Å². The Morgan fingerprint density at radius 3 is 1.17 bits per heavy atom. The Kier molecular flexibility index (Phi) is 7.75. The summed E-state index contributed by atoms with van der Waals surface area (Å²) < 4.78 is 0. The molecule has 2 aliphatic rings. The molecule has 0 atom stereocenters. The Morgan fingerprint density at radius 1 is 0.308 bits per heavy atom. The Hall–Kier alpha value is -5.52. The first-order valence-electron chi connectivity index (χ1n) is 17.7. The SMILES string of the molecule is c1ccc(-c2ccc(N(c3ccc(-c4ccccc4)cc3)c3cccc4c3Sc3ccccc3[Si]43c4ccccc4Sc4ccccc43)cc2)cc1. The van der Waals surface area contributed by atoms with Crippen LogP contribution >= 0.6 is 23.5 Å². The van der Waals surface area contributed by atoms with Crippen molar-refractivity contribution in [2.24, 2.45) is 0 Å². The molecule has 4 heteroatoms. The summed E-state index contributed by atoms with van der Waals surface area (Å²) in [5.74, 6) is 0. The number of rotatable bonds is 5. The zero-order valence-electron chi connectivity index (χ0n) is 28.3. The van der Waals surface area contributed by atoms with Crippen molar-refractivity contribution in [1.29, 1.82) is 0 Å². The fraction of sp³-hybridized carbons (Fsp3) is 0. The Labute approximate surface area is 314 Å². The lowest BCUT2D eigenvalue weighted by Gasteiger charge is -2.44. The van der Waals surface area contributed by atoms with Gasteiger partial charge in [0.1, 0.15) is 0 Å². The third-order valence-corrected chi connectivity index (χ3v) is 18.5. The lowest BCUT2D eigenvalue weighted by atomic mass is 10.0. The van der Waals surface area contributed by atoms with Crippen molar-refractivity contribution in [2.45, 2.75) is 19.6 Å². The standard InChI is InChI=1S/C48H33NS2Si/c1-3-14-34(15-4-1)36-26-30-38(31-27-36)49(39-32-28-37(29-33-39)35-16-5-2-6-17-35)40-18-13-25-47-48(40)51-43-21-9-12-24-46(43)52(47)44-22-10-7-19-41(44)50-42-20-8-11-23-45(42)52/h1-33H. The maximum Gasteiger partial charge on any atom is 0.184 e. The molecule has 0 aliphatic carbocycles. The summed E-state index contributed by atoms with van der Waals surface area (Å²) in [6, 6.07) is 74.1. The molecule has 8 aromatic carbocycles. The minimum absolute atomic E-state index is 1.13.